The Kier molecular flexibility index (Phi) is 2.48. The molecule has 0 radical (unpaired) electrons. The van der Waals surface area contributed by atoms with E-state index in [0.29, 0.717) is 11.5 Å². The number of aryl methyl sites for hydroxylation is 1. The van der Waals surface area contributed by atoms with Crippen LogP contribution in [0.5, 0.6) is 0 Å². The monoisotopic (exact) mass is 210 g/mol. The van der Waals surface area contributed by atoms with E-state index in [-0.39, 0.29) is 23.9 Å². The number of H-pyrrole nitrogens is 1. The quantitative estimate of drug-likeness (QED) is 0.724. The highest BCUT2D eigenvalue weighted by Crippen LogP contribution is 2.44. The molecule has 5 heteroatoms. The van der Waals surface area contributed by atoms with E-state index in [1.807, 2.05) is 0 Å². The van der Waals surface area contributed by atoms with Crippen LogP contribution in [0.3, 0.4) is 0 Å². The predicted octanol–water partition coefficient (Wildman–Crippen LogP) is -0.212. The molecule has 1 heterocycles. The van der Waals surface area contributed by atoms with Crippen molar-refractivity contribution in [3.8, 4) is 0 Å². The first-order valence-corrected chi connectivity index (χ1v) is 5.06. The summed E-state index contributed by atoms with van der Waals surface area (Å²) < 4.78 is 1.57. The number of aliphatic hydroxyl groups excluding tert-OH is 1. The number of hydrogen-bond acceptors (Lipinski definition) is 3. The first kappa shape index (κ1) is 10.2. The van der Waals surface area contributed by atoms with Crippen LogP contribution in [0.25, 0.3) is 0 Å². The molecule has 0 saturated heterocycles. The minimum absolute atomic E-state index is 0.151. The summed E-state index contributed by atoms with van der Waals surface area (Å²) in [7, 11) is 0. The molecule has 1 aliphatic rings. The van der Waals surface area contributed by atoms with Crippen LogP contribution in [0, 0.1) is 12.8 Å². The fraction of sp³-hybridized carbons (Fsp3) is 0.600. The third-order valence-corrected chi connectivity index (χ3v) is 2.89. The van der Waals surface area contributed by atoms with E-state index < -0.39 is 0 Å². The molecule has 2 N–H and O–H groups in total. The lowest BCUT2D eigenvalue weighted by molar-refractivity contribution is 0.276. The summed E-state index contributed by atoms with van der Waals surface area (Å²) in [5.74, 6) is 0.373. The fourth-order valence-electron chi connectivity index (χ4n) is 1.88. The SMILES string of the molecule is Cc1cn([C@H]2C[C@H]2CCO)c(=O)[nH]c1=O. The van der Waals surface area contributed by atoms with E-state index in [2.05, 4.69) is 4.98 Å². The van der Waals surface area contributed by atoms with E-state index in [4.69, 9.17) is 5.11 Å². The molecule has 5 nitrogen and oxygen atoms in total. The number of aromatic nitrogens is 2. The molecule has 1 fully saturated rings. The van der Waals surface area contributed by atoms with Crippen LogP contribution in [-0.2, 0) is 0 Å². The molecule has 0 unspecified atom stereocenters. The van der Waals surface area contributed by atoms with Crippen molar-refractivity contribution in [3.05, 3.63) is 32.6 Å². The van der Waals surface area contributed by atoms with Crippen LogP contribution in [0.1, 0.15) is 24.4 Å². The van der Waals surface area contributed by atoms with Crippen molar-refractivity contribution in [2.45, 2.75) is 25.8 Å². The molecule has 82 valence electrons. The molecule has 2 rings (SSSR count). The van der Waals surface area contributed by atoms with Crippen LogP contribution in [0.2, 0.25) is 0 Å². The van der Waals surface area contributed by atoms with Gasteiger partial charge in [0.1, 0.15) is 0 Å². The highest BCUT2D eigenvalue weighted by atomic mass is 16.3. The second-order valence-corrected chi connectivity index (χ2v) is 4.05. The molecule has 1 aromatic rings. The Balaban J connectivity index is 2.28. The smallest absolute Gasteiger partial charge is 0.328 e. The topological polar surface area (TPSA) is 75.1 Å². The van der Waals surface area contributed by atoms with Crippen molar-refractivity contribution in [3.63, 3.8) is 0 Å². The zero-order valence-corrected chi connectivity index (χ0v) is 8.56. The maximum absolute atomic E-state index is 11.5. The molecular weight excluding hydrogens is 196 g/mol. The van der Waals surface area contributed by atoms with Gasteiger partial charge in [0.25, 0.3) is 5.56 Å². The van der Waals surface area contributed by atoms with Gasteiger partial charge in [0.15, 0.2) is 0 Å². The lowest BCUT2D eigenvalue weighted by Gasteiger charge is -2.04. The standard InChI is InChI=1S/C10H14N2O3/c1-6-5-12(10(15)11-9(6)14)8-4-7(8)2-3-13/h5,7-8,13H,2-4H2,1H3,(H,11,14,15)/t7-,8+/m1/s1. The number of nitrogens with one attached hydrogen (secondary N) is 1. The Morgan fingerprint density at radius 1 is 1.60 bits per heavy atom. The Morgan fingerprint density at radius 2 is 2.33 bits per heavy atom. The van der Waals surface area contributed by atoms with Gasteiger partial charge in [-0.3, -0.25) is 14.3 Å². The van der Waals surface area contributed by atoms with Gasteiger partial charge in [-0.25, -0.2) is 4.79 Å². The normalized spacial score (nSPS) is 24.1. The summed E-state index contributed by atoms with van der Waals surface area (Å²) in [6.45, 7) is 1.83. The van der Waals surface area contributed by atoms with Crippen molar-refractivity contribution in [2.24, 2.45) is 5.92 Å². The molecular formula is C10H14N2O3. The second-order valence-electron chi connectivity index (χ2n) is 4.05. The lowest BCUT2D eigenvalue weighted by atomic mass is 10.3. The molecule has 1 saturated carbocycles. The number of nitrogens with zero attached hydrogens (tertiary/aromatic N) is 1. The van der Waals surface area contributed by atoms with E-state index >= 15 is 0 Å². The van der Waals surface area contributed by atoms with Crippen LogP contribution in [0.4, 0.5) is 0 Å². The summed E-state index contributed by atoms with van der Waals surface area (Å²) in [6, 6.07) is 0.153. The average molecular weight is 210 g/mol. The van der Waals surface area contributed by atoms with Crippen molar-refractivity contribution in [1.82, 2.24) is 9.55 Å². The van der Waals surface area contributed by atoms with Gasteiger partial charge in [0, 0.05) is 24.4 Å². The van der Waals surface area contributed by atoms with Crippen LogP contribution in [0.15, 0.2) is 15.8 Å². The average Bonchev–Trinajstić information content (AvgIpc) is 2.91. The van der Waals surface area contributed by atoms with Gasteiger partial charge in [-0.05, 0) is 25.7 Å². The molecule has 0 spiro atoms. The second kappa shape index (κ2) is 3.66. The summed E-state index contributed by atoms with van der Waals surface area (Å²) in [6.07, 6.45) is 3.23. The molecule has 15 heavy (non-hydrogen) atoms. The van der Waals surface area contributed by atoms with Crippen LogP contribution in [-0.4, -0.2) is 21.3 Å². The molecule has 1 aromatic heterocycles. The van der Waals surface area contributed by atoms with Gasteiger partial charge >= 0.3 is 5.69 Å². The largest absolute Gasteiger partial charge is 0.396 e. The van der Waals surface area contributed by atoms with Gasteiger partial charge in [0.05, 0.1) is 0 Å². The number of hydrogen-bond donors (Lipinski definition) is 2. The lowest BCUT2D eigenvalue weighted by Crippen LogP contribution is -2.30. The molecule has 0 amide bonds. The molecule has 1 aliphatic carbocycles. The third-order valence-electron chi connectivity index (χ3n) is 2.89. The highest BCUT2D eigenvalue weighted by Gasteiger charge is 2.38. The zero-order chi connectivity index (χ0) is 11.0. The van der Waals surface area contributed by atoms with Crippen molar-refractivity contribution < 1.29 is 5.11 Å². The first-order valence-electron chi connectivity index (χ1n) is 5.06. The van der Waals surface area contributed by atoms with Gasteiger partial charge in [-0.1, -0.05) is 0 Å². The number of aromatic amines is 1. The predicted molar refractivity (Wildman–Crippen MR) is 54.9 cm³/mol. The number of aliphatic hydroxyl groups is 1. The maximum atomic E-state index is 11.5. The first-order chi connectivity index (χ1) is 7.13. The van der Waals surface area contributed by atoms with Gasteiger partial charge in [0.2, 0.25) is 0 Å². The van der Waals surface area contributed by atoms with E-state index in [9.17, 15) is 9.59 Å². The third kappa shape index (κ3) is 1.87. The van der Waals surface area contributed by atoms with Crippen molar-refractivity contribution >= 4 is 0 Å². The Bertz CT molecular complexity index is 474. The van der Waals surface area contributed by atoms with Gasteiger partial charge in [-0.15, -0.1) is 0 Å². The summed E-state index contributed by atoms with van der Waals surface area (Å²) >= 11 is 0. The minimum Gasteiger partial charge on any atom is -0.396 e. The van der Waals surface area contributed by atoms with E-state index in [1.54, 1.807) is 17.7 Å². The summed E-state index contributed by atoms with van der Waals surface area (Å²) in [4.78, 5) is 24.9. The zero-order valence-electron chi connectivity index (χ0n) is 8.56. The van der Waals surface area contributed by atoms with Crippen molar-refractivity contribution in [2.75, 3.05) is 6.61 Å². The highest BCUT2D eigenvalue weighted by molar-refractivity contribution is 5.05. The number of rotatable bonds is 3. The summed E-state index contributed by atoms with van der Waals surface area (Å²) in [5.41, 5.74) is -0.129. The van der Waals surface area contributed by atoms with Gasteiger partial charge < -0.3 is 5.11 Å². The minimum atomic E-state index is -0.351. The molecule has 0 aromatic carbocycles. The van der Waals surface area contributed by atoms with E-state index in [1.165, 1.54) is 0 Å². The Morgan fingerprint density at radius 3 is 3.00 bits per heavy atom. The van der Waals surface area contributed by atoms with Crippen molar-refractivity contribution in [1.29, 1.82) is 0 Å². The van der Waals surface area contributed by atoms with Crippen LogP contribution < -0.4 is 11.2 Å². The Hall–Kier alpha value is -1.36. The molecule has 0 bridgehead atoms. The fourth-order valence-corrected chi connectivity index (χ4v) is 1.88. The Labute approximate surface area is 86.4 Å². The maximum Gasteiger partial charge on any atom is 0.328 e. The van der Waals surface area contributed by atoms with Crippen LogP contribution >= 0.6 is 0 Å². The molecule has 2 atom stereocenters. The van der Waals surface area contributed by atoms with Gasteiger partial charge in [-0.2, -0.15) is 0 Å². The summed E-state index contributed by atoms with van der Waals surface area (Å²) in [5, 5.41) is 8.76. The van der Waals surface area contributed by atoms with E-state index in [0.717, 1.165) is 12.8 Å². The molecule has 0 aliphatic heterocycles.